The number of ether oxygens (including phenoxy) is 1. The minimum absolute atomic E-state index is 0.137. The van der Waals surface area contributed by atoms with Gasteiger partial charge >= 0.3 is 18.3 Å². The zero-order chi connectivity index (χ0) is 29.0. The monoisotopic (exact) mass is 562 g/mol. The first kappa shape index (κ1) is 27.4. The fourth-order valence-corrected chi connectivity index (χ4v) is 5.65. The van der Waals surface area contributed by atoms with Crippen molar-refractivity contribution in [3.05, 3.63) is 101 Å². The van der Waals surface area contributed by atoms with Crippen LogP contribution in [0.4, 0.5) is 32.0 Å². The van der Waals surface area contributed by atoms with E-state index in [1.54, 1.807) is 18.2 Å². The van der Waals surface area contributed by atoms with Crippen molar-refractivity contribution in [1.29, 1.82) is 0 Å². The highest BCUT2D eigenvalue weighted by atomic mass is 19.4. The number of nitrogens with one attached hydrogen (secondary N) is 1. The fourth-order valence-electron chi connectivity index (χ4n) is 5.65. The van der Waals surface area contributed by atoms with Crippen LogP contribution in [0.5, 0.6) is 0 Å². The molecule has 0 aliphatic carbocycles. The zero-order valence-corrected chi connectivity index (χ0v) is 20.6. The molecule has 3 aromatic rings. The molecule has 6 nitrogen and oxygen atoms in total. The standard InChI is InChI=1S/C28H20F6N2O4/c1-40-25(39)22-20-21(24(38)36(23(20)37)19-11-3-2-4-12-19)26(35-22,15-7-5-9-17(13-15)27(29,30)31)16-8-6-10-18(14-16)28(32,33)34/h2-14,20-22,35H,1H3/t20-,21+,22-/m1/s1. The molecule has 40 heavy (non-hydrogen) atoms. The first-order valence-corrected chi connectivity index (χ1v) is 11.9. The average molecular weight is 562 g/mol. The molecule has 2 heterocycles. The number of rotatable bonds is 4. The van der Waals surface area contributed by atoms with E-state index in [9.17, 15) is 40.7 Å². The van der Waals surface area contributed by atoms with Crippen LogP contribution < -0.4 is 10.2 Å². The Kier molecular flexibility index (Phi) is 6.48. The van der Waals surface area contributed by atoms with Crippen molar-refractivity contribution in [3.8, 4) is 0 Å². The maximum atomic E-state index is 14.0. The molecule has 2 aliphatic rings. The molecule has 2 saturated heterocycles. The van der Waals surface area contributed by atoms with Gasteiger partial charge in [0.25, 0.3) is 0 Å². The van der Waals surface area contributed by atoms with E-state index in [2.05, 4.69) is 5.32 Å². The van der Waals surface area contributed by atoms with Crippen molar-refractivity contribution in [2.75, 3.05) is 12.0 Å². The summed E-state index contributed by atoms with van der Waals surface area (Å²) >= 11 is 0. The SMILES string of the molecule is COC(=O)[C@@H]1NC(c2cccc(C(F)(F)F)c2)(c2cccc(C(F)(F)F)c2)[C@@H]2C(=O)N(c3ccccc3)C(=O)[C@H]21. The van der Waals surface area contributed by atoms with Gasteiger partial charge in [-0.15, -0.1) is 0 Å². The van der Waals surface area contributed by atoms with E-state index in [-0.39, 0.29) is 16.8 Å². The molecule has 3 aromatic carbocycles. The third kappa shape index (κ3) is 4.23. The maximum absolute atomic E-state index is 14.0. The fraction of sp³-hybridized carbons (Fsp3) is 0.250. The Bertz CT molecular complexity index is 1430. The molecule has 0 bridgehead atoms. The Labute approximate surface area is 223 Å². The number of carbonyl (C=O) groups excluding carboxylic acids is 3. The number of nitrogens with zero attached hydrogens (tertiary/aromatic N) is 1. The van der Waals surface area contributed by atoms with Crippen molar-refractivity contribution in [2.24, 2.45) is 11.8 Å². The van der Waals surface area contributed by atoms with Gasteiger partial charge in [0, 0.05) is 0 Å². The van der Waals surface area contributed by atoms with Gasteiger partial charge in [-0.2, -0.15) is 26.3 Å². The molecule has 2 fully saturated rings. The number of para-hydroxylation sites is 1. The van der Waals surface area contributed by atoms with Gasteiger partial charge in [-0.3, -0.25) is 19.7 Å². The first-order valence-electron chi connectivity index (χ1n) is 11.9. The number of anilines is 1. The van der Waals surface area contributed by atoms with Gasteiger partial charge in [0.15, 0.2) is 0 Å². The molecule has 3 atom stereocenters. The lowest BCUT2D eigenvalue weighted by Crippen LogP contribution is -2.52. The Morgan fingerprint density at radius 1 is 0.800 bits per heavy atom. The number of alkyl halides is 6. The predicted molar refractivity (Wildman–Crippen MR) is 129 cm³/mol. The van der Waals surface area contributed by atoms with Crippen LogP contribution in [0.15, 0.2) is 78.9 Å². The molecule has 0 saturated carbocycles. The average Bonchev–Trinajstić information content (AvgIpc) is 3.42. The van der Waals surface area contributed by atoms with Gasteiger partial charge in [0.1, 0.15) is 6.04 Å². The maximum Gasteiger partial charge on any atom is 0.416 e. The number of hydrogen-bond donors (Lipinski definition) is 1. The van der Waals surface area contributed by atoms with Gasteiger partial charge in [0.05, 0.1) is 41.3 Å². The van der Waals surface area contributed by atoms with Gasteiger partial charge in [-0.25, -0.2) is 4.90 Å². The summed E-state index contributed by atoms with van der Waals surface area (Å²) in [5.41, 5.74) is -4.78. The molecule has 1 N–H and O–H groups in total. The van der Waals surface area contributed by atoms with Crippen molar-refractivity contribution in [3.63, 3.8) is 0 Å². The smallest absolute Gasteiger partial charge is 0.416 e. The Morgan fingerprint density at radius 2 is 1.32 bits per heavy atom. The van der Waals surface area contributed by atoms with Crippen LogP contribution in [-0.2, 0) is 37.0 Å². The zero-order valence-electron chi connectivity index (χ0n) is 20.6. The summed E-state index contributed by atoms with van der Waals surface area (Å²) in [7, 11) is 1.02. The number of imide groups is 1. The lowest BCUT2D eigenvalue weighted by Gasteiger charge is -2.37. The lowest BCUT2D eigenvalue weighted by atomic mass is 9.71. The molecule has 0 spiro atoms. The molecule has 0 radical (unpaired) electrons. The van der Waals surface area contributed by atoms with Crippen LogP contribution in [0.1, 0.15) is 22.3 Å². The Balaban J connectivity index is 1.82. The number of esters is 1. The molecule has 2 aliphatic heterocycles. The summed E-state index contributed by atoms with van der Waals surface area (Å²) < 4.78 is 87.5. The van der Waals surface area contributed by atoms with Crippen LogP contribution >= 0.6 is 0 Å². The molecular formula is C28H20F6N2O4. The highest BCUT2D eigenvalue weighted by molar-refractivity contribution is 6.24. The highest BCUT2D eigenvalue weighted by Gasteiger charge is 2.68. The van der Waals surface area contributed by atoms with E-state index in [1.807, 2.05) is 0 Å². The normalized spacial score (nSPS) is 22.4. The van der Waals surface area contributed by atoms with Crippen molar-refractivity contribution in [2.45, 2.75) is 23.9 Å². The summed E-state index contributed by atoms with van der Waals surface area (Å²) in [5, 5.41) is 2.80. The summed E-state index contributed by atoms with van der Waals surface area (Å²) in [4.78, 5) is 41.5. The second-order valence-electron chi connectivity index (χ2n) is 9.46. The van der Waals surface area contributed by atoms with E-state index in [4.69, 9.17) is 4.74 Å². The Hall–Kier alpha value is -4.19. The minimum Gasteiger partial charge on any atom is -0.468 e. The molecule has 12 heteroatoms. The van der Waals surface area contributed by atoms with Gasteiger partial charge in [0.2, 0.25) is 11.8 Å². The van der Waals surface area contributed by atoms with Crippen LogP contribution in [0.2, 0.25) is 0 Å². The topological polar surface area (TPSA) is 75.7 Å². The number of halogens is 6. The summed E-state index contributed by atoms with van der Waals surface area (Å²) in [5.74, 6) is -5.84. The van der Waals surface area contributed by atoms with Crippen molar-refractivity contribution >= 4 is 23.5 Å². The molecule has 0 aromatic heterocycles. The minimum atomic E-state index is -4.84. The van der Waals surface area contributed by atoms with Crippen LogP contribution in [0, 0.1) is 11.8 Å². The number of amides is 2. The largest absolute Gasteiger partial charge is 0.468 e. The third-order valence-corrected chi connectivity index (χ3v) is 7.32. The Morgan fingerprint density at radius 3 is 1.80 bits per heavy atom. The number of hydrogen-bond acceptors (Lipinski definition) is 5. The van der Waals surface area contributed by atoms with E-state index in [1.165, 1.54) is 24.3 Å². The van der Waals surface area contributed by atoms with E-state index >= 15 is 0 Å². The summed E-state index contributed by atoms with van der Waals surface area (Å²) in [6.45, 7) is 0. The van der Waals surface area contributed by atoms with E-state index in [0.717, 1.165) is 36.3 Å². The van der Waals surface area contributed by atoms with Gasteiger partial charge in [-0.1, -0.05) is 42.5 Å². The molecule has 0 unspecified atom stereocenters. The van der Waals surface area contributed by atoms with Gasteiger partial charge in [-0.05, 0) is 47.5 Å². The van der Waals surface area contributed by atoms with E-state index in [0.29, 0.717) is 12.1 Å². The predicted octanol–water partition coefficient (Wildman–Crippen LogP) is 4.92. The molecule has 208 valence electrons. The molecular weight excluding hydrogens is 542 g/mol. The first-order chi connectivity index (χ1) is 18.8. The van der Waals surface area contributed by atoms with Crippen molar-refractivity contribution in [1.82, 2.24) is 5.32 Å². The number of carbonyl (C=O) groups is 3. The number of methoxy groups -OCH3 is 1. The number of benzene rings is 3. The van der Waals surface area contributed by atoms with Gasteiger partial charge < -0.3 is 4.74 Å². The molecule has 5 rings (SSSR count). The molecule has 2 amide bonds. The van der Waals surface area contributed by atoms with Crippen LogP contribution in [0.25, 0.3) is 0 Å². The summed E-state index contributed by atoms with van der Waals surface area (Å²) in [6, 6.07) is 13.5. The lowest BCUT2D eigenvalue weighted by molar-refractivity contribution is -0.145. The van der Waals surface area contributed by atoms with Crippen LogP contribution in [0.3, 0.4) is 0 Å². The highest BCUT2D eigenvalue weighted by Crippen LogP contribution is 2.53. The second-order valence-corrected chi connectivity index (χ2v) is 9.46. The quantitative estimate of drug-likeness (QED) is 0.278. The van der Waals surface area contributed by atoms with E-state index < -0.39 is 64.7 Å². The van der Waals surface area contributed by atoms with Crippen LogP contribution in [-0.4, -0.2) is 30.9 Å². The third-order valence-electron chi connectivity index (χ3n) is 7.32. The number of fused-ring (bicyclic) bond motifs is 1. The van der Waals surface area contributed by atoms with Crippen molar-refractivity contribution < 1.29 is 45.5 Å². The second kappa shape index (κ2) is 9.47. The summed E-state index contributed by atoms with van der Waals surface area (Å²) in [6.07, 6.45) is -9.67.